The van der Waals surface area contributed by atoms with Gasteiger partial charge < -0.3 is 5.32 Å². The van der Waals surface area contributed by atoms with Crippen molar-refractivity contribution in [2.24, 2.45) is 0 Å². The van der Waals surface area contributed by atoms with Crippen molar-refractivity contribution in [1.29, 1.82) is 0 Å². The second-order valence-electron chi connectivity index (χ2n) is 4.65. The highest BCUT2D eigenvalue weighted by atomic mass is 79.9. The lowest BCUT2D eigenvalue weighted by Gasteiger charge is -2.14. The molecule has 114 valence electrons. The molecular weight excluding hydrogens is 359 g/mol. The fourth-order valence-corrected chi connectivity index (χ4v) is 3.37. The van der Waals surface area contributed by atoms with Gasteiger partial charge in [-0.2, -0.15) is 0 Å². The molecule has 0 bridgehead atoms. The topological polar surface area (TPSA) is 42.7 Å². The molecule has 0 aliphatic heterocycles. The van der Waals surface area contributed by atoms with Crippen LogP contribution in [0.15, 0.2) is 16.6 Å². The quantitative estimate of drug-likeness (QED) is 0.857. The summed E-state index contributed by atoms with van der Waals surface area (Å²) in [4.78, 5) is 0. The highest BCUT2D eigenvalue weighted by molar-refractivity contribution is 9.10. The van der Waals surface area contributed by atoms with Gasteiger partial charge in [0.05, 0.1) is 22.4 Å². The molecule has 1 aromatic carbocycles. The summed E-state index contributed by atoms with van der Waals surface area (Å²) in [5.41, 5.74) is 2.47. The van der Waals surface area contributed by atoms with Gasteiger partial charge in [-0.15, -0.1) is 5.10 Å². The summed E-state index contributed by atoms with van der Waals surface area (Å²) < 4.78 is 15.6. The van der Waals surface area contributed by atoms with Crippen LogP contribution in [0.3, 0.4) is 0 Å². The predicted molar refractivity (Wildman–Crippen MR) is 85.5 cm³/mol. The summed E-state index contributed by atoms with van der Waals surface area (Å²) in [6.45, 7) is 4.12. The monoisotopic (exact) mass is 374 g/mol. The maximum absolute atomic E-state index is 13.4. The number of nitrogens with zero attached hydrogens (tertiary/aromatic N) is 3. The Labute approximate surface area is 136 Å². The number of rotatable bonds is 5. The highest BCUT2D eigenvalue weighted by Crippen LogP contribution is 2.32. The van der Waals surface area contributed by atoms with Gasteiger partial charge in [-0.1, -0.05) is 30.7 Å². The number of benzene rings is 1. The number of hydrogen-bond donors (Lipinski definition) is 1. The van der Waals surface area contributed by atoms with Crippen LogP contribution in [-0.2, 0) is 6.42 Å². The van der Waals surface area contributed by atoms with Gasteiger partial charge in [0, 0.05) is 4.47 Å². The van der Waals surface area contributed by atoms with E-state index in [1.54, 1.807) is 4.68 Å². The van der Waals surface area contributed by atoms with E-state index in [9.17, 15) is 4.39 Å². The lowest BCUT2D eigenvalue weighted by molar-refractivity contribution is 0.555. The molecule has 0 amide bonds. The summed E-state index contributed by atoms with van der Waals surface area (Å²) in [5.74, 6) is -0.393. The summed E-state index contributed by atoms with van der Waals surface area (Å²) >= 11 is 9.53. The van der Waals surface area contributed by atoms with E-state index in [4.69, 9.17) is 11.6 Å². The van der Waals surface area contributed by atoms with Gasteiger partial charge in [0.25, 0.3) is 0 Å². The highest BCUT2D eigenvalue weighted by Gasteiger charge is 2.21. The normalized spacial score (nSPS) is 12.7. The van der Waals surface area contributed by atoms with Crippen molar-refractivity contribution in [1.82, 2.24) is 20.3 Å². The van der Waals surface area contributed by atoms with Crippen LogP contribution in [0.4, 0.5) is 4.39 Å². The van der Waals surface area contributed by atoms with Crippen LogP contribution in [-0.4, -0.2) is 22.0 Å². The lowest BCUT2D eigenvalue weighted by Crippen LogP contribution is -2.17. The molecule has 21 heavy (non-hydrogen) atoms. The summed E-state index contributed by atoms with van der Waals surface area (Å²) in [6, 6.07) is 2.78. The minimum Gasteiger partial charge on any atom is -0.312 e. The average molecular weight is 376 g/mol. The molecule has 1 N–H and O–H groups in total. The third kappa shape index (κ3) is 3.12. The van der Waals surface area contributed by atoms with Gasteiger partial charge in [0.15, 0.2) is 0 Å². The van der Waals surface area contributed by atoms with Crippen molar-refractivity contribution in [3.8, 4) is 5.69 Å². The Morgan fingerprint density at radius 1 is 1.43 bits per heavy atom. The third-order valence-electron chi connectivity index (χ3n) is 3.41. The molecule has 0 spiro atoms. The van der Waals surface area contributed by atoms with Crippen molar-refractivity contribution in [2.45, 2.75) is 32.7 Å². The van der Waals surface area contributed by atoms with Crippen LogP contribution < -0.4 is 5.32 Å². The number of nitrogens with one attached hydrogen (secondary N) is 1. The molecule has 7 heteroatoms. The van der Waals surface area contributed by atoms with Crippen LogP contribution in [0.2, 0.25) is 5.02 Å². The van der Waals surface area contributed by atoms with Gasteiger partial charge in [-0.25, -0.2) is 9.07 Å². The summed E-state index contributed by atoms with van der Waals surface area (Å²) in [7, 11) is 1.90. The fraction of sp³-hybridized carbons (Fsp3) is 0.429. The zero-order chi connectivity index (χ0) is 15.6. The minimum absolute atomic E-state index is 0.131. The van der Waals surface area contributed by atoms with E-state index in [0.29, 0.717) is 15.2 Å². The van der Waals surface area contributed by atoms with E-state index in [2.05, 4.69) is 38.5 Å². The Morgan fingerprint density at radius 2 is 2.14 bits per heavy atom. The van der Waals surface area contributed by atoms with E-state index in [0.717, 1.165) is 24.2 Å². The second kappa shape index (κ2) is 6.85. The molecule has 1 unspecified atom stereocenters. The predicted octanol–water partition coefficient (Wildman–Crippen LogP) is 4.06. The zero-order valence-electron chi connectivity index (χ0n) is 12.1. The Kier molecular flexibility index (Phi) is 5.35. The molecule has 0 saturated heterocycles. The number of halogens is 3. The molecule has 2 rings (SSSR count). The number of hydrogen-bond acceptors (Lipinski definition) is 3. The Balaban J connectivity index is 2.61. The van der Waals surface area contributed by atoms with Crippen LogP contribution in [0.5, 0.6) is 0 Å². The zero-order valence-corrected chi connectivity index (χ0v) is 14.5. The number of aromatic nitrogens is 3. The van der Waals surface area contributed by atoms with Crippen LogP contribution in [0.25, 0.3) is 5.69 Å². The van der Waals surface area contributed by atoms with Crippen molar-refractivity contribution < 1.29 is 4.39 Å². The minimum atomic E-state index is -0.393. The Bertz CT molecular complexity index is 617. The molecule has 0 radical (unpaired) electrons. The smallest absolute Gasteiger partial charge is 0.125 e. The van der Waals surface area contributed by atoms with Gasteiger partial charge >= 0.3 is 0 Å². The lowest BCUT2D eigenvalue weighted by atomic mass is 10.1. The Hall–Kier alpha value is -0.980. The van der Waals surface area contributed by atoms with Gasteiger partial charge in [0.1, 0.15) is 11.5 Å². The standard InChI is InChI=1S/C14H17BrClFN4/c1-4-11(18-3)13-12(5-2)21(20-19-13)14-9(15)6-8(17)7-10(14)16/h6-7,11,18H,4-5H2,1-3H3. The van der Waals surface area contributed by atoms with E-state index >= 15 is 0 Å². The van der Waals surface area contributed by atoms with Crippen molar-refractivity contribution in [2.75, 3.05) is 7.05 Å². The largest absolute Gasteiger partial charge is 0.312 e. The van der Waals surface area contributed by atoms with Crippen LogP contribution >= 0.6 is 27.5 Å². The first kappa shape index (κ1) is 16.4. The van der Waals surface area contributed by atoms with Gasteiger partial charge in [0.2, 0.25) is 0 Å². The first-order chi connectivity index (χ1) is 10.0. The second-order valence-corrected chi connectivity index (χ2v) is 5.92. The van der Waals surface area contributed by atoms with Crippen LogP contribution in [0, 0.1) is 5.82 Å². The van der Waals surface area contributed by atoms with Crippen LogP contribution in [0.1, 0.15) is 37.7 Å². The van der Waals surface area contributed by atoms with Gasteiger partial charge in [-0.05, 0) is 48.0 Å². The first-order valence-corrected chi connectivity index (χ1v) is 7.97. The van der Waals surface area contributed by atoms with E-state index in [1.165, 1.54) is 12.1 Å². The SMILES string of the molecule is CCc1c(C(CC)NC)nnn1-c1c(Cl)cc(F)cc1Br. The van der Waals surface area contributed by atoms with E-state index in [1.807, 2.05) is 14.0 Å². The fourth-order valence-electron chi connectivity index (χ4n) is 2.37. The molecule has 0 aliphatic carbocycles. The summed E-state index contributed by atoms with van der Waals surface area (Å²) in [6.07, 6.45) is 1.65. The molecule has 4 nitrogen and oxygen atoms in total. The summed E-state index contributed by atoms with van der Waals surface area (Å²) in [5, 5.41) is 12.0. The molecule has 0 fully saturated rings. The van der Waals surface area contributed by atoms with Gasteiger partial charge in [-0.3, -0.25) is 0 Å². The molecular formula is C14H17BrClFN4. The molecule has 1 heterocycles. The molecule has 1 aromatic heterocycles. The van der Waals surface area contributed by atoms with E-state index in [-0.39, 0.29) is 6.04 Å². The average Bonchev–Trinajstić information content (AvgIpc) is 2.83. The van der Waals surface area contributed by atoms with Crippen molar-refractivity contribution in [3.05, 3.63) is 38.8 Å². The molecule has 2 aromatic rings. The molecule has 1 atom stereocenters. The van der Waals surface area contributed by atoms with E-state index < -0.39 is 5.82 Å². The first-order valence-electron chi connectivity index (χ1n) is 6.80. The van der Waals surface area contributed by atoms with Crippen molar-refractivity contribution >= 4 is 27.5 Å². The van der Waals surface area contributed by atoms with Crippen molar-refractivity contribution in [3.63, 3.8) is 0 Å². The molecule has 0 saturated carbocycles. The molecule has 0 aliphatic rings. The third-order valence-corrected chi connectivity index (χ3v) is 4.30. The maximum Gasteiger partial charge on any atom is 0.125 e. The maximum atomic E-state index is 13.4. The Morgan fingerprint density at radius 3 is 2.67 bits per heavy atom.